The summed E-state index contributed by atoms with van der Waals surface area (Å²) < 4.78 is 14.5. The first-order chi connectivity index (χ1) is 8.50. The van der Waals surface area contributed by atoms with Crippen molar-refractivity contribution >= 4 is 5.97 Å². The van der Waals surface area contributed by atoms with Crippen molar-refractivity contribution in [3.63, 3.8) is 0 Å². The summed E-state index contributed by atoms with van der Waals surface area (Å²) in [5, 5.41) is 11.3. The highest BCUT2D eigenvalue weighted by Crippen LogP contribution is 2.08. The van der Waals surface area contributed by atoms with Crippen molar-refractivity contribution in [2.75, 3.05) is 0 Å². The molecule has 0 fully saturated rings. The van der Waals surface area contributed by atoms with Crippen LogP contribution in [0.3, 0.4) is 0 Å². The number of aromatic nitrogens is 2. The average molecular weight is 250 g/mol. The second-order valence-corrected chi connectivity index (χ2v) is 3.90. The number of nitrogens with zero attached hydrogens (tertiary/aromatic N) is 1. The van der Waals surface area contributed by atoms with E-state index in [2.05, 4.69) is 5.10 Å². The molecule has 5 nitrogen and oxygen atoms in total. The van der Waals surface area contributed by atoms with Crippen LogP contribution in [0.2, 0.25) is 0 Å². The standard InChI is InChI=1S/C12H11FN2O3/c1-7-10(12(17)18)14-15(11(7)16)6-8-4-2-3-5-9(8)13/h2-5,14H,6H2,1H3,(H,17,18). The molecule has 2 aromatic rings. The number of nitrogens with one attached hydrogen (secondary N) is 1. The van der Waals surface area contributed by atoms with Crippen molar-refractivity contribution in [1.29, 1.82) is 0 Å². The Bertz CT molecular complexity index is 658. The minimum absolute atomic E-state index is 0.0281. The maximum absolute atomic E-state index is 13.4. The van der Waals surface area contributed by atoms with Gasteiger partial charge in [0.1, 0.15) is 11.5 Å². The summed E-state index contributed by atoms with van der Waals surface area (Å²) in [6.07, 6.45) is 0. The second kappa shape index (κ2) is 4.48. The van der Waals surface area contributed by atoms with Gasteiger partial charge in [-0.3, -0.25) is 9.89 Å². The van der Waals surface area contributed by atoms with E-state index >= 15 is 0 Å². The highest BCUT2D eigenvalue weighted by atomic mass is 19.1. The van der Waals surface area contributed by atoms with Gasteiger partial charge in [0.2, 0.25) is 0 Å². The quantitative estimate of drug-likeness (QED) is 0.863. The third-order valence-corrected chi connectivity index (χ3v) is 2.69. The Hall–Kier alpha value is -2.37. The number of hydrogen-bond acceptors (Lipinski definition) is 2. The van der Waals surface area contributed by atoms with Crippen LogP contribution >= 0.6 is 0 Å². The van der Waals surface area contributed by atoms with Crippen molar-refractivity contribution in [3.05, 3.63) is 57.3 Å². The Morgan fingerprint density at radius 1 is 1.44 bits per heavy atom. The fourth-order valence-electron chi connectivity index (χ4n) is 1.70. The van der Waals surface area contributed by atoms with Gasteiger partial charge in [0.15, 0.2) is 0 Å². The topological polar surface area (TPSA) is 75.1 Å². The first kappa shape index (κ1) is 12.1. The molecule has 94 valence electrons. The van der Waals surface area contributed by atoms with E-state index in [1.54, 1.807) is 18.2 Å². The molecule has 1 heterocycles. The molecule has 2 rings (SSSR count). The van der Waals surface area contributed by atoms with E-state index in [0.717, 1.165) is 4.68 Å². The predicted molar refractivity (Wildman–Crippen MR) is 62.3 cm³/mol. The van der Waals surface area contributed by atoms with E-state index in [1.807, 2.05) is 0 Å². The zero-order valence-corrected chi connectivity index (χ0v) is 9.61. The van der Waals surface area contributed by atoms with Crippen LogP contribution in [-0.2, 0) is 6.54 Å². The molecule has 18 heavy (non-hydrogen) atoms. The van der Waals surface area contributed by atoms with Crippen LogP contribution in [0.4, 0.5) is 4.39 Å². The number of halogens is 1. The summed E-state index contributed by atoms with van der Waals surface area (Å²) in [5.74, 6) is -1.65. The zero-order valence-electron chi connectivity index (χ0n) is 9.61. The second-order valence-electron chi connectivity index (χ2n) is 3.90. The lowest BCUT2D eigenvalue weighted by molar-refractivity contribution is 0.0688. The van der Waals surface area contributed by atoms with E-state index in [0.29, 0.717) is 5.56 Å². The number of rotatable bonds is 3. The molecule has 0 amide bonds. The Kier molecular flexibility index (Phi) is 3.01. The van der Waals surface area contributed by atoms with Gasteiger partial charge in [-0.15, -0.1) is 0 Å². The first-order valence-electron chi connectivity index (χ1n) is 5.27. The van der Waals surface area contributed by atoms with Crippen molar-refractivity contribution in [1.82, 2.24) is 9.78 Å². The lowest BCUT2D eigenvalue weighted by Crippen LogP contribution is -2.19. The van der Waals surface area contributed by atoms with Gasteiger partial charge < -0.3 is 5.11 Å². The van der Waals surface area contributed by atoms with Crippen LogP contribution in [0.5, 0.6) is 0 Å². The van der Waals surface area contributed by atoms with Crippen molar-refractivity contribution < 1.29 is 14.3 Å². The van der Waals surface area contributed by atoms with E-state index < -0.39 is 17.3 Å². The maximum Gasteiger partial charge on any atom is 0.354 e. The smallest absolute Gasteiger partial charge is 0.354 e. The van der Waals surface area contributed by atoms with Gasteiger partial charge in [0.25, 0.3) is 5.56 Å². The van der Waals surface area contributed by atoms with Crippen LogP contribution in [0.1, 0.15) is 21.6 Å². The number of carboxylic acids is 1. The molecule has 6 heteroatoms. The highest BCUT2D eigenvalue weighted by molar-refractivity contribution is 5.86. The summed E-state index contributed by atoms with van der Waals surface area (Å²) in [7, 11) is 0. The molecule has 0 bridgehead atoms. The maximum atomic E-state index is 13.4. The minimum Gasteiger partial charge on any atom is -0.477 e. The Labute approximate surface area is 101 Å². The summed E-state index contributed by atoms with van der Waals surface area (Å²) in [6, 6.07) is 6.02. The first-order valence-corrected chi connectivity index (χ1v) is 5.27. The van der Waals surface area contributed by atoms with Crippen LogP contribution < -0.4 is 5.56 Å². The monoisotopic (exact) mass is 250 g/mol. The molecular formula is C12H11FN2O3. The third-order valence-electron chi connectivity index (χ3n) is 2.69. The predicted octanol–water partition coefficient (Wildman–Crippen LogP) is 1.37. The SMILES string of the molecule is Cc1c(C(=O)O)[nH]n(Cc2ccccc2F)c1=O. The zero-order chi connectivity index (χ0) is 13.3. The molecule has 0 spiro atoms. The van der Waals surface area contributed by atoms with E-state index in [1.165, 1.54) is 13.0 Å². The number of benzene rings is 1. The summed E-state index contributed by atoms with van der Waals surface area (Å²) in [6.45, 7) is 1.39. The van der Waals surface area contributed by atoms with Gasteiger partial charge in [-0.1, -0.05) is 18.2 Å². The number of carboxylic acid groups (broad SMARTS) is 1. The molecule has 1 aromatic carbocycles. The highest BCUT2D eigenvalue weighted by Gasteiger charge is 2.16. The molecule has 0 saturated heterocycles. The van der Waals surface area contributed by atoms with Crippen LogP contribution in [0.25, 0.3) is 0 Å². The normalized spacial score (nSPS) is 10.6. The van der Waals surface area contributed by atoms with Crippen molar-refractivity contribution in [2.45, 2.75) is 13.5 Å². The van der Waals surface area contributed by atoms with E-state index in [-0.39, 0.29) is 17.8 Å². The van der Waals surface area contributed by atoms with E-state index in [9.17, 15) is 14.0 Å². The Morgan fingerprint density at radius 3 is 2.67 bits per heavy atom. The molecule has 0 atom stereocenters. The number of H-pyrrole nitrogens is 1. The molecule has 0 aliphatic rings. The molecular weight excluding hydrogens is 239 g/mol. The summed E-state index contributed by atoms with van der Waals surface area (Å²) in [5.41, 5.74) is -0.205. The van der Waals surface area contributed by atoms with Crippen LogP contribution in [0.15, 0.2) is 29.1 Å². The average Bonchev–Trinajstić information content (AvgIpc) is 2.60. The molecule has 1 aromatic heterocycles. The largest absolute Gasteiger partial charge is 0.477 e. The Balaban J connectivity index is 2.42. The summed E-state index contributed by atoms with van der Waals surface area (Å²) >= 11 is 0. The van der Waals surface area contributed by atoms with Crippen LogP contribution in [-0.4, -0.2) is 20.9 Å². The van der Waals surface area contributed by atoms with Crippen molar-refractivity contribution in [3.8, 4) is 0 Å². The number of carbonyl (C=O) groups is 1. The molecule has 0 aliphatic heterocycles. The number of hydrogen-bond donors (Lipinski definition) is 2. The third kappa shape index (κ3) is 2.04. The molecule has 0 saturated carbocycles. The molecule has 0 unspecified atom stereocenters. The summed E-state index contributed by atoms with van der Waals surface area (Å²) in [4.78, 5) is 22.6. The van der Waals surface area contributed by atoms with Gasteiger partial charge >= 0.3 is 5.97 Å². The molecule has 0 aliphatic carbocycles. The fraction of sp³-hybridized carbons (Fsp3) is 0.167. The fourth-order valence-corrected chi connectivity index (χ4v) is 1.70. The Morgan fingerprint density at radius 2 is 2.11 bits per heavy atom. The lowest BCUT2D eigenvalue weighted by Gasteiger charge is -2.03. The molecule has 2 N–H and O–H groups in total. The van der Waals surface area contributed by atoms with Gasteiger partial charge in [-0.2, -0.15) is 0 Å². The van der Waals surface area contributed by atoms with Gasteiger partial charge in [-0.25, -0.2) is 13.9 Å². The van der Waals surface area contributed by atoms with Gasteiger partial charge in [0, 0.05) is 11.1 Å². The number of aromatic carboxylic acids is 1. The van der Waals surface area contributed by atoms with Crippen LogP contribution in [0, 0.1) is 12.7 Å². The van der Waals surface area contributed by atoms with E-state index in [4.69, 9.17) is 5.11 Å². The number of aromatic amines is 1. The minimum atomic E-state index is -1.21. The lowest BCUT2D eigenvalue weighted by atomic mass is 10.2. The van der Waals surface area contributed by atoms with Gasteiger partial charge in [0.05, 0.1) is 6.54 Å². The van der Waals surface area contributed by atoms with Gasteiger partial charge in [-0.05, 0) is 13.0 Å². The van der Waals surface area contributed by atoms with Crippen molar-refractivity contribution in [2.24, 2.45) is 0 Å². The molecule has 0 radical (unpaired) electrons.